The van der Waals surface area contributed by atoms with Gasteiger partial charge >= 0.3 is 0 Å². The number of hydrogen-bond donors (Lipinski definition) is 0. The topological polar surface area (TPSA) is 38.2 Å². The van der Waals surface area contributed by atoms with E-state index in [1.54, 1.807) is 0 Å². The second kappa shape index (κ2) is 5.42. The quantitative estimate of drug-likeness (QED) is 0.853. The fourth-order valence-corrected chi connectivity index (χ4v) is 4.72. The highest BCUT2D eigenvalue weighted by atomic mass is 16.5. The zero-order chi connectivity index (χ0) is 16.0. The van der Waals surface area contributed by atoms with E-state index in [1.807, 2.05) is 36.7 Å². The van der Waals surface area contributed by atoms with Crippen molar-refractivity contribution in [2.75, 3.05) is 13.1 Å². The SMILES string of the molecule is C(=C\C1N2CCC(CC2)C12Cc1cccnc1O2)/c1ccccn1. The summed E-state index contributed by atoms with van der Waals surface area (Å²) in [7, 11) is 0. The van der Waals surface area contributed by atoms with Crippen LogP contribution in [-0.2, 0) is 6.42 Å². The lowest BCUT2D eigenvalue weighted by Gasteiger charge is -2.55. The van der Waals surface area contributed by atoms with Crippen molar-refractivity contribution < 1.29 is 4.74 Å². The molecule has 0 saturated carbocycles. The first-order valence-corrected chi connectivity index (χ1v) is 8.81. The van der Waals surface area contributed by atoms with Gasteiger partial charge < -0.3 is 4.74 Å². The van der Waals surface area contributed by atoms with Crippen LogP contribution < -0.4 is 4.74 Å². The smallest absolute Gasteiger partial charge is 0.217 e. The number of ether oxygens (including phenoxy) is 1. The van der Waals surface area contributed by atoms with E-state index in [-0.39, 0.29) is 5.60 Å². The van der Waals surface area contributed by atoms with Gasteiger partial charge in [-0.05, 0) is 50.2 Å². The average molecular weight is 319 g/mol. The molecule has 122 valence electrons. The number of aromatic nitrogens is 2. The molecular formula is C20H21N3O. The molecule has 4 nitrogen and oxygen atoms in total. The number of piperidine rings is 3. The van der Waals surface area contributed by atoms with Crippen LogP contribution in [0, 0.1) is 5.92 Å². The molecule has 0 N–H and O–H groups in total. The number of pyridine rings is 2. The van der Waals surface area contributed by atoms with Crippen LogP contribution in [0.2, 0.25) is 0 Å². The van der Waals surface area contributed by atoms with E-state index in [0.29, 0.717) is 12.0 Å². The van der Waals surface area contributed by atoms with Gasteiger partial charge in [0.15, 0.2) is 0 Å². The highest BCUT2D eigenvalue weighted by Crippen LogP contribution is 2.49. The molecule has 2 aromatic heterocycles. The van der Waals surface area contributed by atoms with Gasteiger partial charge in [-0.3, -0.25) is 9.88 Å². The Kier molecular flexibility index (Phi) is 3.20. The molecule has 0 aromatic carbocycles. The fraction of sp³-hybridized carbons (Fsp3) is 0.400. The van der Waals surface area contributed by atoms with Crippen molar-refractivity contribution in [2.45, 2.75) is 30.9 Å². The second-order valence-corrected chi connectivity index (χ2v) is 7.07. The Morgan fingerprint density at radius 1 is 1.08 bits per heavy atom. The molecule has 6 heterocycles. The van der Waals surface area contributed by atoms with Gasteiger partial charge in [0.05, 0.1) is 11.7 Å². The number of nitrogens with zero attached hydrogens (tertiary/aromatic N) is 3. The van der Waals surface area contributed by atoms with Crippen LogP contribution in [0.5, 0.6) is 5.88 Å². The summed E-state index contributed by atoms with van der Waals surface area (Å²) in [6.45, 7) is 2.33. The maximum absolute atomic E-state index is 6.55. The van der Waals surface area contributed by atoms with Crippen molar-refractivity contribution in [1.82, 2.24) is 14.9 Å². The second-order valence-electron chi connectivity index (χ2n) is 7.07. The molecule has 6 rings (SSSR count). The summed E-state index contributed by atoms with van der Waals surface area (Å²) >= 11 is 0. The van der Waals surface area contributed by atoms with Gasteiger partial charge in [0.25, 0.3) is 0 Å². The molecule has 0 amide bonds. The van der Waals surface area contributed by atoms with Crippen LogP contribution in [0.3, 0.4) is 0 Å². The summed E-state index contributed by atoms with van der Waals surface area (Å²) in [5.41, 5.74) is 2.10. The van der Waals surface area contributed by atoms with Crippen LogP contribution in [0.25, 0.3) is 6.08 Å². The summed E-state index contributed by atoms with van der Waals surface area (Å²) in [5, 5.41) is 0. The van der Waals surface area contributed by atoms with Crippen molar-refractivity contribution in [3.8, 4) is 5.88 Å². The lowest BCUT2D eigenvalue weighted by atomic mass is 9.68. The molecular weight excluding hydrogens is 298 g/mol. The van der Waals surface area contributed by atoms with Gasteiger partial charge in [-0.25, -0.2) is 4.98 Å². The number of fused-ring (bicyclic) bond motifs is 3. The highest BCUT2D eigenvalue weighted by Gasteiger charge is 2.57. The van der Waals surface area contributed by atoms with Gasteiger partial charge in [0.1, 0.15) is 5.60 Å². The monoisotopic (exact) mass is 319 g/mol. The van der Waals surface area contributed by atoms with Crippen LogP contribution in [0.4, 0.5) is 0 Å². The minimum absolute atomic E-state index is 0.154. The minimum Gasteiger partial charge on any atom is -0.468 e. The van der Waals surface area contributed by atoms with Crippen LogP contribution in [0.1, 0.15) is 24.1 Å². The molecule has 2 aromatic rings. The zero-order valence-corrected chi connectivity index (χ0v) is 13.6. The van der Waals surface area contributed by atoms with E-state index in [0.717, 1.165) is 31.1 Å². The summed E-state index contributed by atoms with van der Waals surface area (Å²) in [4.78, 5) is 11.5. The normalized spacial score (nSPS) is 33.8. The molecule has 0 aliphatic carbocycles. The molecule has 4 aliphatic rings. The third kappa shape index (κ3) is 2.09. The zero-order valence-electron chi connectivity index (χ0n) is 13.6. The standard InChI is InChI=1S/C20H21N3O/c1-2-10-21-17(5-1)6-7-18-20(16-8-12-23(18)13-9-16)14-15-4-3-11-22-19(15)24-20/h1-7,10-11,16,18H,8-9,12-14H2/b7-6+. The van der Waals surface area contributed by atoms with Crippen LogP contribution >= 0.6 is 0 Å². The predicted octanol–water partition coefficient (Wildman–Crippen LogP) is 2.96. The molecule has 1 spiro atoms. The molecule has 4 heteroatoms. The van der Waals surface area contributed by atoms with Crippen molar-refractivity contribution in [3.63, 3.8) is 0 Å². The molecule has 24 heavy (non-hydrogen) atoms. The van der Waals surface area contributed by atoms with Gasteiger partial charge in [-0.15, -0.1) is 0 Å². The highest BCUT2D eigenvalue weighted by molar-refractivity contribution is 5.47. The lowest BCUT2D eigenvalue weighted by molar-refractivity contribution is -0.111. The molecule has 2 atom stereocenters. The van der Waals surface area contributed by atoms with E-state index in [9.17, 15) is 0 Å². The Hall–Kier alpha value is -2.20. The third-order valence-corrected chi connectivity index (χ3v) is 5.86. The summed E-state index contributed by atoms with van der Waals surface area (Å²) < 4.78 is 6.55. The molecule has 3 saturated heterocycles. The molecule has 2 bridgehead atoms. The maximum atomic E-state index is 6.55. The molecule has 4 aliphatic heterocycles. The number of hydrogen-bond acceptors (Lipinski definition) is 4. The molecule has 3 fully saturated rings. The molecule has 0 radical (unpaired) electrons. The lowest BCUT2D eigenvalue weighted by Crippen LogP contribution is -2.67. The van der Waals surface area contributed by atoms with Crippen LogP contribution in [0.15, 0.2) is 48.8 Å². The summed E-state index contributed by atoms with van der Waals surface area (Å²) in [5.74, 6) is 1.44. The first-order chi connectivity index (χ1) is 11.9. The minimum atomic E-state index is -0.154. The van der Waals surface area contributed by atoms with Gasteiger partial charge in [-0.1, -0.05) is 18.2 Å². The Labute approximate surface area is 142 Å². The first kappa shape index (κ1) is 14.2. The Morgan fingerprint density at radius 3 is 2.75 bits per heavy atom. The summed E-state index contributed by atoms with van der Waals surface area (Å²) in [6, 6.07) is 10.5. The Bertz CT molecular complexity index is 740. The Balaban J connectivity index is 1.51. The first-order valence-electron chi connectivity index (χ1n) is 8.81. The van der Waals surface area contributed by atoms with Gasteiger partial charge in [0.2, 0.25) is 5.88 Å². The number of rotatable bonds is 2. The predicted molar refractivity (Wildman–Crippen MR) is 92.7 cm³/mol. The molecule has 2 unspecified atom stereocenters. The van der Waals surface area contributed by atoms with E-state index >= 15 is 0 Å². The van der Waals surface area contributed by atoms with Crippen LogP contribution in [-0.4, -0.2) is 39.6 Å². The fourth-order valence-electron chi connectivity index (χ4n) is 4.72. The van der Waals surface area contributed by atoms with Crippen molar-refractivity contribution in [3.05, 3.63) is 60.1 Å². The third-order valence-electron chi connectivity index (χ3n) is 5.86. The maximum Gasteiger partial charge on any atom is 0.217 e. The Morgan fingerprint density at radius 2 is 1.96 bits per heavy atom. The van der Waals surface area contributed by atoms with E-state index in [4.69, 9.17) is 4.74 Å². The van der Waals surface area contributed by atoms with Crippen molar-refractivity contribution in [1.29, 1.82) is 0 Å². The van der Waals surface area contributed by atoms with Gasteiger partial charge in [-0.2, -0.15) is 0 Å². The van der Waals surface area contributed by atoms with Crippen molar-refractivity contribution >= 4 is 6.08 Å². The van der Waals surface area contributed by atoms with E-state index < -0.39 is 0 Å². The van der Waals surface area contributed by atoms with Gasteiger partial charge in [0, 0.05) is 30.3 Å². The van der Waals surface area contributed by atoms with E-state index in [2.05, 4.69) is 33.1 Å². The van der Waals surface area contributed by atoms with Crippen molar-refractivity contribution in [2.24, 2.45) is 5.92 Å². The largest absolute Gasteiger partial charge is 0.468 e. The van der Waals surface area contributed by atoms with E-state index in [1.165, 1.54) is 18.4 Å². The average Bonchev–Trinajstić information content (AvgIpc) is 3.02. The summed E-state index contributed by atoms with van der Waals surface area (Å²) in [6.07, 6.45) is 11.5.